The van der Waals surface area contributed by atoms with E-state index < -0.39 is 17.8 Å². The topological polar surface area (TPSA) is 75.7 Å². The van der Waals surface area contributed by atoms with Crippen LogP contribution in [0.2, 0.25) is 5.02 Å². The van der Waals surface area contributed by atoms with E-state index in [0.717, 1.165) is 10.5 Å². The molecule has 172 valence electrons. The molecule has 8 heteroatoms. The van der Waals surface area contributed by atoms with Gasteiger partial charge in [0.25, 0.3) is 11.8 Å². The Bertz CT molecular complexity index is 1300. The van der Waals surface area contributed by atoms with E-state index in [1.165, 1.54) is 0 Å². The lowest BCUT2D eigenvalue weighted by Crippen LogP contribution is -2.32. The van der Waals surface area contributed by atoms with E-state index in [-0.39, 0.29) is 16.6 Å². The van der Waals surface area contributed by atoms with E-state index in [0.29, 0.717) is 27.7 Å². The number of para-hydroxylation sites is 1. The molecule has 0 spiro atoms. The minimum Gasteiger partial charge on any atom is -0.423 e. The van der Waals surface area contributed by atoms with Gasteiger partial charge in [0.05, 0.1) is 11.3 Å². The lowest BCUT2D eigenvalue weighted by molar-refractivity contribution is -0.120. The molecule has 4 rings (SSSR count). The van der Waals surface area contributed by atoms with Crippen molar-refractivity contribution >= 4 is 52.4 Å². The molecule has 0 saturated carbocycles. The van der Waals surface area contributed by atoms with Gasteiger partial charge in [-0.1, -0.05) is 55.2 Å². The van der Waals surface area contributed by atoms with Gasteiger partial charge in [-0.25, -0.2) is 9.69 Å². The van der Waals surface area contributed by atoms with Crippen LogP contribution in [0.25, 0.3) is 0 Å². The van der Waals surface area contributed by atoms with E-state index in [2.05, 4.69) is 5.32 Å². The number of hydrogen-bond acceptors (Lipinski definition) is 5. The zero-order valence-corrected chi connectivity index (χ0v) is 19.9. The summed E-state index contributed by atoms with van der Waals surface area (Å²) in [6, 6.07) is 20.0. The fourth-order valence-corrected chi connectivity index (χ4v) is 3.82. The number of carbonyl (C=O) groups is 3. The second-order valence-corrected chi connectivity index (χ2v) is 8.71. The van der Waals surface area contributed by atoms with Crippen molar-refractivity contribution in [3.05, 3.63) is 99.7 Å². The van der Waals surface area contributed by atoms with Gasteiger partial charge in [-0.2, -0.15) is 0 Å². The maximum absolute atomic E-state index is 12.9. The predicted octanol–water partition coefficient (Wildman–Crippen LogP) is 6.12. The Kier molecular flexibility index (Phi) is 6.72. The van der Waals surface area contributed by atoms with Crippen molar-refractivity contribution in [1.29, 1.82) is 0 Å². The Hall–Kier alpha value is -3.61. The largest absolute Gasteiger partial charge is 0.423 e. The smallest absolute Gasteiger partial charge is 0.343 e. The van der Waals surface area contributed by atoms with Gasteiger partial charge in [0.1, 0.15) is 16.5 Å². The molecule has 0 unspecified atom stereocenters. The summed E-state index contributed by atoms with van der Waals surface area (Å²) in [7, 11) is 0. The van der Waals surface area contributed by atoms with Crippen LogP contribution < -0.4 is 15.0 Å². The summed E-state index contributed by atoms with van der Waals surface area (Å²) < 4.78 is 5.58. The molecular weight excluding hydrogens is 475 g/mol. The first kappa shape index (κ1) is 23.5. The summed E-state index contributed by atoms with van der Waals surface area (Å²) in [6.07, 6.45) is 0. The van der Waals surface area contributed by atoms with Gasteiger partial charge in [0.2, 0.25) is 0 Å². The van der Waals surface area contributed by atoms with E-state index in [1.54, 1.807) is 54.6 Å². The molecule has 0 aliphatic carbocycles. The summed E-state index contributed by atoms with van der Waals surface area (Å²) in [5, 5.41) is 3.13. The molecule has 0 saturated heterocycles. The maximum Gasteiger partial charge on any atom is 0.343 e. The number of hydrogen-bond donors (Lipinski definition) is 1. The van der Waals surface area contributed by atoms with Crippen LogP contribution in [0, 0.1) is 0 Å². The third kappa shape index (κ3) is 4.69. The average molecular weight is 495 g/mol. The summed E-state index contributed by atoms with van der Waals surface area (Å²) >= 11 is 12.1. The Morgan fingerprint density at radius 3 is 2.18 bits per heavy atom. The number of ether oxygens (including phenoxy) is 1. The van der Waals surface area contributed by atoms with Gasteiger partial charge in [-0.15, -0.1) is 0 Å². The minimum atomic E-state index is -0.638. The SMILES string of the molecule is CC(C)c1ccccc1OC(=O)c1ccc(NC2=C(Cl)C(=O)N(c3ccc(Cl)cc3)C2=O)cc1. The monoisotopic (exact) mass is 494 g/mol. The summed E-state index contributed by atoms with van der Waals surface area (Å²) in [5.74, 6) is -1.02. The van der Waals surface area contributed by atoms with Crippen LogP contribution in [0.3, 0.4) is 0 Å². The second-order valence-electron chi connectivity index (χ2n) is 7.90. The third-order valence-corrected chi connectivity index (χ3v) is 5.85. The molecule has 6 nitrogen and oxygen atoms in total. The van der Waals surface area contributed by atoms with Crippen molar-refractivity contribution in [3.63, 3.8) is 0 Å². The van der Waals surface area contributed by atoms with Gasteiger partial charge in [-0.3, -0.25) is 9.59 Å². The molecule has 3 aromatic rings. The number of amides is 2. The normalized spacial score (nSPS) is 13.6. The lowest BCUT2D eigenvalue weighted by atomic mass is 10.0. The minimum absolute atomic E-state index is 0.0530. The predicted molar refractivity (Wildman–Crippen MR) is 132 cm³/mol. The fourth-order valence-electron chi connectivity index (χ4n) is 3.48. The Morgan fingerprint density at radius 1 is 0.882 bits per heavy atom. The molecule has 34 heavy (non-hydrogen) atoms. The summed E-state index contributed by atoms with van der Waals surface area (Å²) in [4.78, 5) is 39.0. The number of esters is 1. The van der Waals surface area contributed by atoms with E-state index in [9.17, 15) is 14.4 Å². The highest BCUT2D eigenvalue weighted by atomic mass is 35.5. The summed E-state index contributed by atoms with van der Waals surface area (Å²) in [6.45, 7) is 4.05. The first-order valence-corrected chi connectivity index (χ1v) is 11.2. The van der Waals surface area contributed by atoms with Crippen molar-refractivity contribution in [1.82, 2.24) is 0 Å². The van der Waals surface area contributed by atoms with E-state index >= 15 is 0 Å². The van der Waals surface area contributed by atoms with Crippen molar-refractivity contribution in [3.8, 4) is 5.75 Å². The number of carbonyl (C=O) groups excluding carboxylic acids is 3. The van der Waals surface area contributed by atoms with Crippen LogP contribution >= 0.6 is 23.2 Å². The highest BCUT2D eigenvalue weighted by Crippen LogP contribution is 2.31. The molecule has 1 heterocycles. The molecule has 1 aliphatic heterocycles. The Morgan fingerprint density at radius 2 is 1.53 bits per heavy atom. The van der Waals surface area contributed by atoms with Crippen molar-refractivity contribution in [2.45, 2.75) is 19.8 Å². The highest BCUT2D eigenvalue weighted by Gasteiger charge is 2.38. The zero-order valence-electron chi connectivity index (χ0n) is 18.3. The molecule has 0 radical (unpaired) electrons. The Labute approximate surface area is 206 Å². The van der Waals surface area contributed by atoms with Crippen LogP contribution in [0.1, 0.15) is 35.7 Å². The van der Waals surface area contributed by atoms with Gasteiger partial charge in [0.15, 0.2) is 0 Å². The molecule has 0 atom stereocenters. The highest BCUT2D eigenvalue weighted by molar-refractivity contribution is 6.53. The number of halogens is 2. The second kappa shape index (κ2) is 9.71. The quantitative estimate of drug-likeness (QED) is 0.253. The molecule has 1 aliphatic rings. The van der Waals surface area contributed by atoms with Crippen LogP contribution in [0.15, 0.2) is 83.5 Å². The van der Waals surface area contributed by atoms with Crippen LogP contribution in [0.4, 0.5) is 11.4 Å². The molecule has 0 bridgehead atoms. The number of imide groups is 1. The van der Waals surface area contributed by atoms with Crippen molar-refractivity contribution < 1.29 is 19.1 Å². The molecule has 3 aromatic carbocycles. The molecule has 2 amide bonds. The lowest BCUT2D eigenvalue weighted by Gasteiger charge is -2.15. The van der Waals surface area contributed by atoms with Gasteiger partial charge in [-0.05, 0) is 66.1 Å². The van der Waals surface area contributed by atoms with Crippen LogP contribution in [-0.2, 0) is 9.59 Å². The van der Waals surface area contributed by atoms with Gasteiger partial charge in [0, 0.05) is 10.7 Å². The van der Waals surface area contributed by atoms with Crippen molar-refractivity contribution in [2.75, 3.05) is 10.2 Å². The Balaban J connectivity index is 1.48. The van der Waals surface area contributed by atoms with Crippen molar-refractivity contribution in [2.24, 2.45) is 0 Å². The zero-order chi connectivity index (χ0) is 24.4. The number of anilines is 2. The van der Waals surface area contributed by atoms with E-state index in [4.69, 9.17) is 27.9 Å². The first-order valence-electron chi connectivity index (χ1n) is 10.5. The maximum atomic E-state index is 12.9. The van der Waals surface area contributed by atoms with Gasteiger partial charge >= 0.3 is 5.97 Å². The summed E-state index contributed by atoms with van der Waals surface area (Å²) in [5.41, 5.74) is 2.05. The number of rotatable bonds is 6. The average Bonchev–Trinajstić information content (AvgIpc) is 3.03. The molecular formula is C26H20Cl2N2O4. The van der Waals surface area contributed by atoms with E-state index in [1.807, 2.05) is 32.0 Å². The fraction of sp³-hybridized carbons (Fsp3) is 0.115. The number of benzene rings is 3. The number of nitrogens with zero attached hydrogens (tertiary/aromatic N) is 1. The number of nitrogens with one attached hydrogen (secondary N) is 1. The van der Waals surface area contributed by atoms with Gasteiger partial charge < -0.3 is 10.1 Å². The third-order valence-electron chi connectivity index (χ3n) is 5.25. The standard InChI is InChI=1S/C26H20Cl2N2O4/c1-15(2)20-5-3-4-6-21(20)34-26(33)16-7-11-18(12-8-16)29-23-22(28)24(31)30(25(23)32)19-13-9-17(27)10-14-19/h3-15,29H,1-2H3. The molecule has 1 N–H and O–H groups in total. The first-order chi connectivity index (χ1) is 16.3. The molecule has 0 aromatic heterocycles. The molecule has 0 fully saturated rings. The van der Waals surface area contributed by atoms with Crippen LogP contribution in [-0.4, -0.2) is 17.8 Å². The van der Waals surface area contributed by atoms with Crippen LogP contribution in [0.5, 0.6) is 5.75 Å².